The normalized spacial score (nSPS) is 10.6. The summed E-state index contributed by atoms with van der Waals surface area (Å²) < 4.78 is 6.64. The fraction of sp³-hybridized carbons (Fsp3) is 0.444. The first kappa shape index (κ1) is 13.6. The maximum atomic E-state index is 12.0. The van der Waals surface area contributed by atoms with Crippen LogP contribution in [0.1, 0.15) is 5.82 Å². The first-order chi connectivity index (χ1) is 9.22. The maximum absolute atomic E-state index is 12.0. The SMILES string of the molecule is COCCn1ncc(NCc2nn[nH]n2)c(Br)c1=O. The van der Waals surface area contributed by atoms with Gasteiger partial charge in [0.25, 0.3) is 5.56 Å². The monoisotopic (exact) mass is 329 g/mol. The standard InChI is InChI=1S/C9H12BrN7O2/c1-19-3-2-17-9(18)8(10)6(4-12-17)11-5-7-13-15-16-14-7/h4,11H,2-3,5H2,1H3,(H,13,14,15,16). The first-order valence-corrected chi connectivity index (χ1v) is 6.22. The molecule has 0 spiro atoms. The highest BCUT2D eigenvalue weighted by atomic mass is 79.9. The number of methoxy groups -OCH3 is 1. The van der Waals surface area contributed by atoms with Gasteiger partial charge in [0, 0.05) is 7.11 Å². The molecule has 0 aliphatic carbocycles. The third kappa shape index (κ3) is 3.35. The van der Waals surface area contributed by atoms with Gasteiger partial charge in [-0.15, -0.1) is 10.2 Å². The second kappa shape index (κ2) is 6.38. The second-order valence-electron chi connectivity index (χ2n) is 3.57. The van der Waals surface area contributed by atoms with Crippen LogP contribution < -0.4 is 10.9 Å². The summed E-state index contributed by atoms with van der Waals surface area (Å²) in [6.45, 7) is 1.17. The zero-order valence-electron chi connectivity index (χ0n) is 10.1. The molecule has 0 aliphatic heterocycles. The van der Waals surface area contributed by atoms with E-state index >= 15 is 0 Å². The summed E-state index contributed by atoms with van der Waals surface area (Å²) in [5.74, 6) is 0.496. The molecular formula is C9H12BrN7O2. The van der Waals surface area contributed by atoms with Crippen LogP contribution in [0.2, 0.25) is 0 Å². The second-order valence-corrected chi connectivity index (χ2v) is 4.37. The molecule has 0 bridgehead atoms. The topological polar surface area (TPSA) is 111 Å². The summed E-state index contributed by atoms with van der Waals surface area (Å²) in [4.78, 5) is 12.0. The minimum atomic E-state index is -0.227. The van der Waals surface area contributed by atoms with Gasteiger partial charge in [0.1, 0.15) is 4.47 Å². The molecule has 0 saturated carbocycles. The smallest absolute Gasteiger partial charge is 0.283 e. The van der Waals surface area contributed by atoms with Gasteiger partial charge in [0.05, 0.1) is 31.6 Å². The van der Waals surface area contributed by atoms with E-state index < -0.39 is 0 Å². The van der Waals surface area contributed by atoms with Crippen molar-refractivity contribution in [3.8, 4) is 0 Å². The molecule has 19 heavy (non-hydrogen) atoms. The molecule has 102 valence electrons. The number of hydrogen-bond donors (Lipinski definition) is 2. The molecule has 2 N–H and O–H groups in total. The van der Waals surface area contributed by atoms with Crippen molar-refractivity contribution < 1.29 is 4.74 Å². The van der Waals surface area contributed by atoms with Crippen molar-refractivity contribution in [3.05, 3.63) is 26.8 Å². The fourth-order valence-electron chi connectivity index (χ4n) is 1.36. The number of aromatic amines is 1. The van der Waals surface area contributed by atoms with Crippen molar-refractivity contribution in [3.63, 3.8) is 0 Å². The van der Waals surface area contributed by atoms with Crippen LogP contribution in [0.25, 0.3) is 0 Å². The van der Waals surface area contributed by atoms with Crippen LogP contribution in [0.4, 0.5) is 5.69 Å². The molecule has 2 aromatic rings. The van der Waals surface area contributed by atoms with Crippen LogP contribution in [0, 0.1) is 0 Å². The summed E-state index contributed by atoms with van der Waals surface area (Å²) >= 11 is 3.25. The molecule has 0 saturated heterocycles. The minimum absolute atomic E-state index is 0.227. The Bertz CT molecular complexity index is 583. The number of tetrazole rings is 1. The van der Waals surface area contributed by atoms with E-state index in [4.69, 9.17) is 4.74 Å². The zero-order valence-corrected chi connectivity index (χ0v) is 11.7. The number of H-pyrrole nitrogens is 1. The van der Waals surface area contributed by atoms with Crippen molar-refractivity contribution in [1.82, 2.24) is 30.4 Å². The van der Waals surface area contributed by atoms with E-state index in [-0.39, 0.29) is 5.56 Å². The number of halogens is 1. The Morgan fingerprint density at radius 3 is 3.11 bits per heavy atom. The number of aromatic nitrogens is 6. The number of ether oxygens (including phenoxy) is 1. The van der Waals surface area contributed by atoms with Gasteiger partial charge >= 0.3 is 0 Å². The van der Waals surface area contributed by atoms with E-state index in [1.807, 2.05) is 0 Å². The Morgan fingerprint density at radius 1 is 1.58 bits per heavy atom. The van der Waals surface area contributed by atoms with Crippen molar-refractivity contribution in [2.24, 2.45) is 0 Å². The van der Waals surface area contributed by atoms with Crippen molar-refractivity contribution in [2.45, 2.75) is 13.1 Å². The molecule has 0 fully saturated rings. The lowest BCUT2D eigenvalue weighted by Crippen LogP contribution is -2.26. The Kier molecular flexibility index (Phi) is 4.58. The third-order valence-electron chi connectivity index (χ3n) is 2.32. The third-order valence-corrected chi connectivity index (χ3v) is 3.08. The van der Waals surface area contributed by atoms with Gasteiger partial charge in [-0.1, -0.05) is 5.21 Å². The van der Waals surface area contributed by atoms with Crippen molar-refractivity contribution >= 4 is 21.6 Å². The van der Waals surface area contributed by atoms with E-state index in [2.05, 4.69) is 47.0 Å². The first-order valence-electron chi connectivity index (χ1n) is 5.43. The molecule has 2 heterocycles. The van der Waals surface area contributed by atoms with E-state index in [9.17, 15) is 4.79 Å². The zero-order chi connectivity index (χ0) is 13.7. The highest BCUT2D eigenvalue weighted by Gasteiger charge is 2.09. The van der Waals surface area contributed by atoms with E-state index in [1.165, 1.54) is 4.68 Å². The van der Waals surface area contributed by atoms with Gasteiger partial charge in [0.2, 0.25) is 0 Å². The van der Waals surface area contributed by atoms with Gasteiger partial charge in [-0.05, 0) is 15.9 Å². The minimum Gasteiger partial charge on any atom is -0.383 e. The number of rotatable bonds is 6. The molecule has 2 aromatic heterocycles. The van der Waals surface area contributed by atoms with Gasteiger partial charge in [-0.25, -0.2) is 4.68 Å². The lowest BCUT2D eigenvalue weighted by Gasteiger charge is -2.08. The average molecular weight is 330 g/mol. The summed E-state index contributed by atoms with van der Waals surface area (Å²) in [6.07, 6.45) is 1.56. The lowest BCUT2D eigenvalue weighted by atomic mass is 10.4. The predicted molar refractivity (Wildman–Crippen MR) is 69.6 cm³/mol. The molecular weight excluding hydrogens is 318 g/mol. The van der Waals surface area contributed by atoms with E-state index in [1.54, 1.807) is 13.3 Å². The van der Waals surface area contributed by atoms with Crippen molar-refractivity contribution in [2.75, 3.05) is 19.0 Å². The number of nitrogens with one attached hydrogen (secondary N) is 2. The molecule has 0 radical (unpaired) electrons. The Balaban J connectivity index is 2.09. The largest absolute Gasteiger partial charge is 0.383 e. The Hall–Kier alpha value is -1.81. The molecule has 0 amide bonds. The Morgan fingerprint density at radius 2 is 2.42 bits per heavy atom. The lowest BCUT2D eigenvalue weighted by molar-refractivity contribution is 0.181. The summed E-state index contributed by atoms with van der Waals surface area (Å²) in [5, 5.41) is 20.4. The summed E-state index contributed by atoms with van der Waals surface area (Å²) in [5.41, 5.74) is 0.346. The highest BCUT2D eigenvalue weighted by molar-refractivity contribution is 9.10. The number of nitrogens with zero attached hydrogens (tertiary/aromatic N) is 5. The van der Waals surface area contributed by atoms with Crippen LogP contribution in [0.15, 0.2) is 15.5 Å². The molecule has 0 aliphatic rings. The van der Waals surface area contributed by atoms with Crippen LogP contribution in [0.3, 0.4) is 0 Å². The summed E-state index contributed by atoms with van der Waals surface area (Å²) in [6, 6.07) is 0. The molecule has 2 rings (SSSR count). The molecule has 9 nitrogen and oxygen atoms in total. The fourth-order valence-corrected chi connectivity index (χ4v) is 1.80. The number of anilines is 1. The van der Waals surface area contributed by atoms with Gasteiger partial charge < -0.3 is 10.1 Å². The van der Waals surface area contributed by atoms with Crippen molar-refractivity contribution in [1.29, 1.82) is 0 Å². The van der Waals surface area contributed by atoms with Crippen LogP contribution >= 0.6 is 15.9 Å². The van der Waals surface area contributed by atoms with Crippen LogP contribution in [0.5, 0.6) is 0 Å². The van der Waals surface area contributed by atoms with Gasteiger partial charge in [0.15, 0.2) is 5.82 Å². The highest BCUT2D eigenvalue weighted by Crippen LogP contribution is 2.16. The van der Waals surface area contributed by atoms with Gasteiger partial charge in [-0.3, -0.25) is 4.79 Å². The molecule has 10 heteroatoms. The Labute approximate surface area is 116 Å². The van der Waals surface area contributed by atoms with Crippen LogP contribution in [-0.2, 0) is 17.8 Å². The van der Waals surface area contributed by atoms with Crippen LogP contribution in [-0.4, -0.2) is 44.1 Å². The van der Waals surface area contributed by atoms with Gasteiger partial charge in [-0.2, -0.15) is 10.3 Å². The van der Waals surface area contributed by atoms with E-state index in [0.29, 0.717) is 35.7 Å². The summed E-state index contributed by atoms with van der Waals surface area (Å²) in [7, 11) is 1.57. The molecule has 0 unspecified atom stereocenters. The predicted octanol–water partition coefficient (Wildman–Crippen LogP) is -0.223. The maximum Gasteiger partial charge on any atom is 0.283 e. The molecule has 0 atom stereocenters. The average Bonchev–Trinajstić information content (AvgIpc) is 2.92. The number of hydrogen-bond acceptors (Lipinski definition) is 7. The molecule has 0 aromatic carbocycles. The quantitative estimate of drug-likeness (QED) is 0.753. The van der Waals surface area contributed by atoms with E-state index in [0.717, 1.165) is 0 Å².